The van der Waals surface area contributed by atoms with Crippen molar-refractivity contribution in [3.05, 3.63) is 48.0 Å². The molecule has 5 nitrogen and oxygen atoms in total. The minimum atomic E-state index is 0. The minimum Gasteiger partial charge on any atom is -0.357 e. The van der Waals surface area contributed by atoms with Gasteiger partial charge in [0.2, 0.25) is 5.91 Å². The third-order valence-electron chi connectivity index (χ3n) is 6.36. The highest BCUT2D eigenvalue weighted by molar-refractivity contribution is 14.0. The molecule has 1 amide bonds. The van der Waals surface area contributed by atoms with Crippen molar-refractivity contribution in [2.24, 2.45) is 10.9 Å². The van der Waals surface area contributed by atoms with Crippen molar-refractivity contribution in [1.82, 2.24) is 15.5 Å². The number of aliphatic imine (C=N–C) groups is 1. The van der Waals surface area contributed by atoms with E-state index in [1.54, 1.807) is 0 Å². The number of carbonyl (C=O) groups excluding carboxylic acids is 1. The molecule has 0 unspecified atom stereocenters. The Kier molecular flexibility index (Phi) is 11.3. The van der Waals surface area contributed by atoms with E-state index >= 15 is 0 Å². The molecule has 2 aromatic rings. The molecular weight excluding hydrogens is 511 g/mol. The topological polar surface area (TPSA) is 56.7 Å². The van der Waals surface area contributed by atoms with Gasteiger partial charge < -0.3 is 15.5 Å². The monoisotopic (exact) mass is 550 g/mol. The highest BCUT2D eigenvalue weighted by Gasteiger charge is 2.26. The second-order valence-corrected chi connectivity index (χ2v) is 8.41. The number of hydrogen-bond acceptors (Lipinski definition) is 2. The van der Waals surface area contributed by atoms with E-state index in [1.807, 2.05) is 0 Å². The molecule has 0 spiro atoms. The summed E-state index contributed by atoms with van der Waals surface area (Å²) in [5.74, 6) is 1.39. The van der Waals surface area contributed by atoms with Gasteiger partial charge in [-0.2, -0.15) is 0 Å². The summed E-state index contributed by atoms with van der Waals surface area (Å²) >= 11 is 0. The summed E-state index contributed by atoms with van der Waals surface area (Å²) in [6, 6.07) is 15.4. The van der Waals surface area contributed by atoms with Gasteiger partial charge in [0, 0.05) is 38.1 Å². The molecule has 2 N–H and O–H groups in total. The molecule has 1 aliphatic rings. The Hall–Kier alpha value is -1.83. The van der Waals surface area contributed by atoms with Crippen LogP contribution in [0.1, 0.15) is 52.0 Å². The fourth-order valence-corrected chi connectivity index (χ4v) is 4.45. The van der Waals surface area contributed by atoms with Crippen LogP contribution in [0, 0.1) is 5.92 Å². The normalized spacial score (nSPS) is 15.0. The van der Waals surface area contributed by atoms with Gasteiger partial charge in [0.05, 0.1) is 0 Å². The Morgan fingerprint density at radius 2 is 1.75 bits per heavy atom. The van der Waals surface area contributed by atoms with Crippen LogP contribution in [0.5, 0.6) is 0 Å². The van der Waals surface area contributed by atoms with Gasteiger partial charge in [-0.3, -0.25) is 9.79 Å². The average Bonchev–Trinajstić information content (AvgIpc) is 2.80. The fraction of sp³-hybridized carbons (Fsp3) is 0.538. The number of guanidine groups is 1. The van der Waals surface area contributed by atoms with Crippen LogP contribution in [0.2, 0.25) is 0 Å². The molecule has 1 saturated heterocycles. The van der Waals surface area contributed by atoms with Gasteiger partial charge in [0.25, 0.3) is 0 Å². The Labute approximate surface area is 210 Å². The number of nitrogens with one attached hydrogen (secondary N) is 2. The molecule has 3 rings (SSSR count). The molecule has 176 valence electrons. The Morgan fingerprint density at radius 1 is 1.06 bits per heavy atom. The van der Waals surface area contributed by atoms with Gasteiger partial charge in [0.1, 0.15) is 0 Å². The van der Waals surface area contributed by atoms with Crippen molar-refractivity contribution in [2.45, 2.75) is 58.9 Å². The molecular formula is C26H39IN4O. The van der Waals surface area contributed by atoms with E-state index in [0.717, 1.165) is 64.2 Å². The second kappa shape index (κ2) is 13.7. The molecule has 0 atom stereocenters. The van der Waals surface area contributed by atoms with Crippen LogP contribution < -0.4 is 10.6 Å². The third kappa shape index (κ3) is 7.09. The number of amides is 1. The zero-order valence-electron chi connectivity index (χ0n) is 19.8. The van der Waals surface area contributed by atoms with Gasteiger partial charge in [-0.15, -0.1) is 24.0 Å². The van der Waals surface area contributed by atoms with Gasteiger partial charge in [-0.1, -0.05) is 56.3 Å². The highest BCUT2D eigenvalue weighted by Crippen LogP contribution is 2.19. The number of likely N-dealkylation sites (tertiary alicyclic amines) is 1. The van der Waals surface area contributed by atoms with E-state index in [4.69, 9.17) is 4.99 Å². The summed E-state index contributed by atoms with van der Waals surface area (Å²) in [5.41, 5.74) is 1.34. The number of halogens is 1. The van der Waals surface area contributed by atoms with Crippen molar-refractivity contribution in [1.29, 1.82) is 0 Å². The van der Waals surface area contributed by atoms with E-state index in [9.17, 15) is 4.79 Å². The number of nitrogens with zero attached hydrogens (tertiary/aromatic N) is 2. The van der Waals surface area contributed by atoms with Crippen LogP contribution in [0.15, 0.2) is 47.5 Å². The van der Waals surface area contributed by atoms with Gasteiger partial charge in [0.15, 0.2) is 5.96 Å². The van der Waals surface area contributed by atoms with E-state index < -0.39 is 0 Å². The molecule has 0 bridgehead atoms. The summed E-state index contributed by atoms with van der Waals surface area (Å²) in [6.45, 7) is 9.57. The molecule has 1 heterocycles. The quantitative estimate of drug-likeness (QED) is 0.277. The Balaban J connectivity index is 0.00000363. The van der Waals surface area contributed by atoms with Crippen LogP contribution in [0.3, 0.4) is 0 Å². The number of carbonyl (C=O) groups is 1. The lowest BCUT2D eigenvalue weighted by atomic mass is 9.98. The predicted molar refractivity (Wildman–Crippen MR) is 146 cm³/mol. The number of piperidine rings is 1. The number of fused-ring (bicyclic) bond motifs is 1. The maximum Gasteiger partial charge on any atom is 0.225 e. The molecule has 32 heavy (non-hydrogen) atoms. The third-order valence-corrected chi connectivity index (χ3v) is 6.36. The molecule has 2 aromatic carbocycles. The van der Waals surface area contributed by atoms with E-state index in [-0.39, 0.29) is 29.9 Å². The summed E-state index contributed by atoms with van der Waals surface area (Å²) in [6.07, 6.45) is 4.72. The maximum absolute atomic E-state index is 12.6. The van der Waals surface area contributed by atoms with Gasteiger partial charge in [-0.05, 0) is 55.4 Å². The first-order valence-corrected chi connectivity index (χ1v) is 12.0. The molecule has 6 heteroatoms. The second-order valence-electron chi connectivity index (χ2n) is 8.41. The molecule has 0 saturated carbocycles. The van der Waals surface area contributed by atoms with Crippen LogP contribution in [0.4, 0.5) is 0 Å². The van der Waals surface area contributed by atoms with Crippen LogP contribution >= 0.6 is 24.0 Å². The smallest absolute Gasteiger partial charge is 0.225 e. The van der Waals surface area contributed by atoms with Crippen molar-refractivity contribution in [3.8, 4) is 0 Å². The largest absolute Gasteiger partial charge is 0.357 e. The molecule has 1 aliphatic heterocycles. The van der Waals surface area contributed by atoms with Crippen LogP contribution in [-0.4, -0.2) is 49.0 Å². The summed E-state index contributed by atoms with van der Waals surface area (Å²) in [4.78, 5) is 19.5. The lowest BCUT2D eigenvalue weighted by molar-refractivity contribution is -0.136. The van der Waals surface area contributed by atoms with Gasteiger partial charge >= 0.3 is 0 Å². The SMILES string of the molecule is CCNC(=NCCc1cccc2ccccc12)NC1CCN(C(=O)C(CC)CC)CC1.I. The molecule has 1 fully saturated rings. The van der Waals surface area contributed by atoms with E-state index in [0.29, 0.717) is 11.9 Å². The summed E-state index contributed by atoms with van der Waals surface area (Å²) in [5, 5.41) is 9.57. The van der Waals surface area contributed by atoms with Crippen molar-refractivity contribution in [2.75, 3.05) is 26.2 Å². The van der Waals surface area contributed by atoms with Crippen LogP contribution in [-0.2, 0) is 11.2 Å². The number of rotatable bonds is 8. The predicted octanol–water partition coefficient (Wildman–Crippen LogP) is 4.98. The highest BCUT2D eigenvalue weighted by atomic mass is 127. The Morgan fingerprint density at radius 3 is 2.44 bits per heavy atom. The Bertz CT molecular complexity index is 868. The first-order valence-electron chi connectivity index (χ1n) is 12.0. The van der Waals surface area contributed by atoms with E-state index in [1.165, 1.54) is 16.3 Å². The average molecular weight is 551 g/mol. The standard InChI is InChI=1S/C26H38N4O.HI/c1-4-20(5-2)25(31)30-18-15-23(16-19-30)29-26(27-6-3)28-17-14-22-12-9-11-21-10-7-8-13-24(21)22;/h7-13,20,23H,4-6,14-19H2,1-3H3,(H2,27,28,29);1H. The molecule has 0 aliphatic carbocycles. The summed E-state index contributed by atoms with van der Waals surface area (Å²) in [7, 11) is 0. The zero-order chi connectivity index (χ0) is 22.1. The molecule has 0 aromatic heterocycles. The number of benzene rings is 2. The lowest BCUT2D eigenvalue weighted by Crippen LogP contribution is -2.50. The summed E-state index contributed by atoms with van der Waals surface area (Å²) < 4.78 is 0. The van der Waals surface area contributed by atoms with Crippen molar-refractivity contribution in [3.63, 3.8) is 0 Å². The lowest BCUT2D eigenvalue weighted by Gasteiger charge is -2.34. The van der Waals surface area contributed by atoms with Crippen LogP contribution in [0.25, 0.3) is 10.8 Å². The molecule has 0 radical (unpaired) electrons. The first-order chi connectivity index (χ1) is 15.2. The van der Waals surface area contributed by atoms with Crippen molar-refractivity contribution < 1.29 is 4.79 Å². The first kappa shape index (κ1) is 26.4. The minimum absolute atomic E-state index is 0. The van der Waals surface area contributed by atoms with E-state index in [2.05, 4.69) is 78.8 Å². The van der Waals surface area contributed by atoms with Crippen molar-refractivity contribution >= 4 is 46.6 Å². The van der Waals surface area contributed by atoms with Gasteiger partial charge in [-0.25, -0.2) is 0 Å². The maximum atomic E-state index is 12.6. The zero-order valence-corrected chi connectivity index (χ0v) is 22.1. The fourth-order valence-electron chi connectivity index (χ4n) is 4.45. The number of hydrogen-bond donors (Lipinski definition) is 2.